The van der Waals surface area contributed by atoms with E-state index in [4.69, 9.17) is 22.1 Å². The Bertz CT molecular complexity index is 1120. The van der Waals surface area contributed by atoms with E-state index < -0.39 is 29.2 Å². The highest BCUT2D eigenvalue weighted by atomic mass is 35.5. The summed E-state index contributed by atoms with van der Waals surface area (Å²) in [7, 11) is 0. The number of ether oxygens (including phenoxy) is 1. The lowest BCUT2D eigenvalue weighted by Gasteiger charge is -2.09. The maximum absolute atomic E-state index is 13.7. The summed E-state index contributed by atoms with van der Waals surface area (Å²) in [5.74, 6) is -0.772. The van der Waals surface area contributed by atoms with E-state index in [-0.39, 0.29) is 17.2 Å². The standard InChI is InChI=1S/C19H13ClF4N4O2/c20-14-2-1-3-15(21)13(14)10-30-12-6-4-11(5-7-12)9-26-28-17(29)8-16(19(22,23)24)27-18(28)25/h1-9H,10H2,(H2,25,27)/b26-9-. The van der Waals surface area contributed by atoms with Gasteiger partial charge in [-0.25, -0.2) is 9.37 Å². The molecule has 1 heterocycles. The molecule has 0 saturated carbocycles. The van der Waals surface area contributed by atoms with Crippen LogP contribution < -0.4 is 16.0 Å². The Balaban J connectivity index is 1.72. The van der Waals surface area contributed by atoms with E-state index in [1.54, 1.807) is 30.3 Å². The minimum Gasteiger partial charge on any atom is -0.489 e. The molecule has 0 aliphatic heterocycles. The van der Waals surface area contributed by atoms with Crippen molar-refractivity contribution in [2.45, 2.75) is 12.8 Å². The van der Waals surface area contributed by atoms with Crippen molar-refractivity contribution >= 4 is 23.8 Å². The van der Waals surface area contributed by atoms with Crippen molar-refractivity contribution in [3.8, 4) is 5.75 Å². The highest BCUT2D eigenvalue weighted by Crippen LogP contribution is 2.27. The van der Waals surface area contributed by atoms with Crippen LogP contribution in [0, 0.1) is 5.82 Å². The zero-order valence-corrected chi connectivity index (χ0v) is 15.8. The fourth-order valence-corrected chi connectivity index (χ4v) is 2.57. The van der Waals surface area contributed by atoms with Gasteiger partial charge in [-0.05, 0) is 42.0 Å². The molecule has 30 heavy (non-hydrogen) atoms. The van der Waals surface area contributed by atoms with Crippen LogP contribution in [-0.4, -0.2) is 15.9 Å². The minimum atomic E-state index is -4.79. The first-order valence-electron chi connectivity index (χ1n) is 8.32. The van der Waals surface area contributed by atoms with Crippen molar-refractivity contribution < 1.29 is 22.3 Å². The van der Waals surface area contributed by atoms with Gasteiger partial charge in [0.05, 0.1) is 11.2 Å². The predicted molar refractivity (Wildman–Crippen MR) is 103 cm³/mol. The van der Waals surface area contributed by atoms with E-state index in [2.05, 4.69) is 10.1 Å². The van der Waals surface area contributed by atoms with Gasteiger partial charge in [-0.3, -0.25) is 4.79 Å². The van der Waals surface area contributed by atoms with Gasteiger partial charge in [-0.2, -0.15) is 22.9 Å². The summed E-state index contributed by atoms with van der Waals surface area (Å²) in [6, 6.07) is 10.9. The number of nitrogens with zero attached hydrogens (tertiary/aromatic N) is 3. The number of nitrogen functional groups attached to an aromatic ring is 1. The SMILES string of the molecule is Nc1nc(C(F)(F)F)cc(=O)n1/N=C\c1ccc(OCc2c(F)cccc2Cl)cc1. The average Bonchev–Trinajstić information content (AvgIpc) is 2.67. The van der Waals surface area contributed by atoms with Crippen molar-refractivity contribution in [2.24, 2.45) is 5.10 Å². The topological polar surface area (TPSA) is 82.5 Å². The minimum absolute atomic E-state index is 0.0813. The average molecular weight is 441 g/mol. The smallest absolute Gasteiger partial charge is 0.433 e. The number of hydrogen-bond donors (Lipinski definition) is 1. The van der Waals surface area contributed by atoms with Gasteiger partial charge in [-0.15, -0.1) is 0 Å². The predicted octanol–water partition coefficient (Wildman–Crippen LogP) is 4.10. The van der Waals surface area contributed by atoms with Gasteiger partial charge in [0.1, 0.15) is 18.2 Å². The molecule has 0 bridgehead atoms. The summed E-state index contributed by atoms with van der Waals surface area (Å²) in [5, 5.41) is 4.00. The van der Waals surface area contributed by atoms with Gasteiger partial charge in [-0.1, -0.05) is 17.7 Å². The quantitative estimate of drug-likeness (QED) is 0.478. The van der Waals surface area contributed by atoms with Gasteiger partial charge in [0.2, 0.25) is 5.95 Å². The van der Waals surface area contributed by atoms with Crippen molar-refractivity contribution in [1.82, 2.24) is 9.66 Å². The molecular formula is C19H13ClF4N4O2. The van der Waals surface area contributed by atoms with Gasteiger partial charge in [0, 0.05) is 11.6 Å². The second-order valence-electron chi connectivity index (χ2n) is 5.95. The number of hydrogen-bond acceptors (Lipinski definition) is 5. The lowest BCUT2D eigenvalue weighted by atomic mass is 10.2. The molecule has 3 rings (SSSR count). The summed E-state index contributed by atoms with van der Waals surface area (Å²) in [4.78, 5) is 15.0. The molecule has 2 aromatic carbocycles. The normalized spacial score (nSPS) is 11.8. The van der Waals surface area contributed by atoms with Crippen LogP contribution >= 0.6 is 11.6 Å². The Kier molecular flexibility index (Phi) is 6.06. The van der Waals surface area contributed by atoms with E-state index in [1.165, 1.54) is 18.3 Å². The third-order valence-electron chi connectivity index (χ3n) is 3.86. The zero-order valence-electron chi connectivity index (χ0n) is 15.0. The number of rotatable bonds is 5. The maximum Gasteiger partial charge on any atom is 0.433 e. The Morgan fingerprint density at radius 1 is 1.20 bits per heavy atom. The van der Waals surface area contributed by atoms with Crippen LogP contribution in [0.1, 0.15) is 16.8 Å². The van der Waals surface area contributed by atoms with Crippen LogP contribution in [-0.2, 0) is 12.8 Å². The third-order valence-corrected chi connectivity index (χ3v) is 4.21. The second kappa shape index (κ2) is 8.54. The monoisotopic (exact) mass is 440 g/mol. The molecular weight excluding hydrogens is 428 g/mol. The van der Waals surface area contributed by atoms with Crippen LogP contribution in [0.3, 0.4) is 0 Å². The van der Waals surface area contributed by atoms with E-state index in [1.807, 2.05) is 0 Å². The van der Waals surface area contributed by atoms with Crippen molar-refractivity contribution in [2.75, 3.05) is 5.73 Å². The lowest BCUT2D eigenvalue weighted by molar-refractivity contribution is -0.141. The van der Waals surface area contributed by atoms with Gasteiger partial charge in [0.15, 0.2) is 5.69 Å². The van der Waals surface area contributed by atoms with Crippen LogP contribution in [0.4, 0.5) is 23.5 Å². The van der Waals surface area contributed by atoms with Gasteiger partial charge in [0.25, 0.3) is 5.56 Å². The molecule has 2 N–H and O–H groups in total. The molecule has 0 unspecified atom stereocenters. The van der Waals surface area contributed by atoms with Crippen LogP contribution in [0.2, 0.25) is 5.02 Å². The van der Waals surface area contributed by atoms with E-state index in [9.17, 15) is 22.4 Å². The van der Waals surface area contributed by atoms with Crippen LogP contribution in [0.25, 0.3) is 0 Å². The summed E-state index contributed by atoms with van der Waals surface area (Å²) >= 11 is 5.94. The molecule has 1 aromatic heterocycles. The van der Waals surface area contributed by atoms with Crippen LogP contribution in [0.5, 0.6) is 5.75 Å². The molecule has 0 fully saturated rings. The molecule has 0 radical (unpaired) electrons. The lowest BCUT2D eigenvalue weighted by Crippen LogP contribution is -2.24. The van der Waals surface area contributed by atoms with Crippen molar-refractivity contribution in [3.05, 3.63) is 86.5 Å². The van der Waals surface area contributed by atoms with E-state index in [0.717, 1.165) is 0 Å². The Morgan fingerprint density at radius 2 is 1.90 bits per heavy atom. The molecule has 0 saturated heterocycles. The van der Waals surface area contributed by atoms with Gasteiger partial charge >= 0.3 is 6.18 Å². The van der Waals surface area contributed by atoms with Crippen LogP contribution in [0.15, 0.2) is 58.4 Å². The Labute approximate surface area is 172 Å². The Morgan fingerprint density at radius 3 is 2.50 bits per heavy atom. The Hall–Kier alpha value is -3.40. The first-order valence-corrected chi connectivity index (χ1v) is 8.70. The maximum atomic E-state index is 13.7. The number of halogens is 5. The molecule has 0 aliphatic carbocycles. The molecule has 3 aromatic rings. The first kappa shape index (κ1) is 21.3. The number of nitrogens with two attached hydrogens (primary N) is 1. The van der Waals surface area contributed by atoms with E-state index in [0.29, 0.717) is 22.1 Å². The summed E-state index contributed by atoms with van der Waals surface area (Å²) in [5.41, 5.74) is 3.65. The largest absolute Gasteiger partial charge is 0.489 e. The molecule has 0 atom stereocenters. The molecule has 6 nitrogen and oxygen atoms in total. The number of aromatic nitrogens is 2. The second-order valence-corrected chi connectivity index (χ2v) is 6.36. The molecule has 0 aliphatic rings. The number of anilines is 1. The van der Waals surface area contributed by atoms with Crippen molar-refractivity contribution in [1.29, 1.82) is 0 Å². The zero-order chi connectivity index (χ0) is 21.9. The fraction of sp³-hybridized carbons (Fsp3) is 0.105. The van der Waals surface area contributed by atoms with Crippen molar-refractivity contribution in [3.63, 3.8) is 0 Å². The fourth-order valence-electron chi connectivity index (χ4n) is 2.36. The van der Waals surface area contributed by atoms with E-state index >= 15 is 0 Å². The number of alkyl halides is 3. The molecule has 0 spiro atoms. The summed E-state index contributed by atoms with van der Waals surface area (Å²) in [6.45, 7) is -0.0813. The third kappa shape index (κ3) is 4.95. The van der Waals surface area contributed by atoms with Gasteiger partial charge < -0.3 is 10.5 Å². The first-order chi connectivity index (χ1) is 14.1. The molecule has 156 valence electrons. The summed E-state index contributed by atoms with van der Waals surface area (Å²) < 4.78 is 57.7. The molecule has 11 heteroatoms. The highest BCUT2D eigenvalue weighted by molar-refractivity contribution is 6.31. The highest BCUT2D eigenvalue weighted by Gasteiger charge is 2.33. The molecule has 0 amide bonds. The summed E-state index contributed by atoms with van der Waals surface area (Å²) in [6.07, 6.45) is -3.58. The number of benzene rings is 2.